The molecule has 8 heteroatoms. The van der Waals surface area contributed by atoms with E-state index >= 15 is 0 Å². The Balaban J connectivity index is 2.07. The maximum atomic E-state index is 11.2. The lowest BCUT2D eigenvalue weighted by atomic mass is 9.99. The summed E-state index contributed by atoms with van der Waals surface area (Å²) in [5.74, 6) is 1.48. The molecule has 6 nitrogen and oxygen atoms in total. The fraction of sp³-hybridized carbons (Fsp3) is 0.692. The summed E-state index contributed by atoms with van der Waals surface area (Å²) in [4.78, 5) is 10.8. The Bertz CT molecular complexity index is 574. The molecule has 1 aliphatic rings. The largest absolute Gasteiger partial charge is 0.353 e. The van der Waals surface area contributed by atoms with Crippen molar-refractivity contribution in [2.75, 3.05) is 24.2 Å². The van der Waals surface area contributed by atoms with E-state index < -0.39 is 10.0 Å². The first-order valence-corrected chi connectivity index (χ1v) is 9.34. The van der Waals surface area contributed by atoms with E-state index in [1.165, 1.54) is 6.26 Å². The van der Waals surface area contributed by atoms with Gasteiger partial charge in [-0.1, -0.05) is 11.6 Å². The Labute approximate surface area is 131 Å². The molecule has 1 unspecified atom stereocenters. The highest BCUT2D eigenvalue weighted by Crippen LogP contribution is 2.26. The van der Waals surface area contributed by atoms with E-state index in [2.05, 4.69) is 19.6 Å². The van der Waals surface area contributed by atoms with Crippen LogP contribution in [0, 0.1) is 6.92 Å². The molecule has 118 valence electrons. The summed E-state index contributed by atoms with van der Waals surface area (Å²) < 4.78 is 24.9. The quantitative estimate of drug-likeness (QED) is 0.831. The van der Waals surface area contributed by atoms with Gasteiger partial charge in [0.15, 0.2) is 0 Å². The van der Waals surface area contributed by atoms with E-state index in [4.69, 9.17) is 11.6 Å². The average molecular weight is 333 g/mol. The normalized spacial score (nSPS) is 19.8. The highest BCUT2D eigenvalue weighted by Gasteiger charge is 2.24. The summed E-state index contributed by atoms with van der Waals surface area (Å²) in [5, 5.41) is 0.441. The van der Waals surface area contributed by atoms with Crippen molar-refractivity contribution < 1.29 is 8.42 Å². The van der Waals surface area contributed by atoms with Crippen molar-refractivity contribution in [1.82, 2.24) is 14.7 Å². The first-order valence-electron chi connectivity index (χ1n) is 7.07. The van der Waals surface area contributed by atoms with E-state index in [0.717, 1.165) is 38.0 Å². The second-order valence-electron chi connectivity index (χ2n) is 5.39. The molecule has 21 heavy (non-hydrogen) atoms. The van der Waals surface area contributed by atoms with Gasteiger partial charge in [0, 0.05) is 25.2 Å². The molecule has 1 saturated heterocycles. The third-order valence-electron chi connectivity index (χ3n) is 3.56. The van der Waals surface area contributed by atoms with Crippen molar-refractivity contribution in [2.45, 2.75) is 38.6 Å². The van der Waals surface area contributed by atoms with Crippen LogP contribution in [0.3, 0.4) is 0 Å². The van der Waals surface area contributed by atoms with Crippen LogP contribution in [0.4, 0.5) is 5.82 Å². The van der Waals surface area contributed by atoms with Gasteiger partial charge in [0.25, 0.3) is 0 Å². The lowest BCUT2D eigenvalue weighted by molar-refractivity contribution is 0.433. The number of piperidine rings is 1. The van der Waals surface area contributed by atoms with Gasteiger partial charge in [0.1, 0.15) is 16.8 Å². The first-order chi connectivity index (χ1) is 9.85. The molecule has 0 saturated carbocycles. The van der Waals surface area contributed by atoms with Crippen LogP contribution in [0.2, 0.25) is 5.15 Å². The second kappa shape index (κ2) is 6.89. The maximum Gasteiger partial charge on any atom is 0.208 e. The number of sulfonamides is 1. The Morgan fingerprint density at radius 3 is 2.86 bits per heavy atom. The molecule has 2 rings (SSSR count). The number of anilines is 1. The van der Waals surface area contributed by atoms with Gasteiger partial charge in [-0.15, -0.1) is 0 Å². The molecule has 0 aromatic carbocycles. The van der Waals surface area contributed by atoms with Crippen molar-refractivity contribution >= 4 is 27.4 Å². The number of nitrogens with one attached hydrogen (secondary N) is 1. The molecule has 0 spiro atoms. The number of halogens is 1. The molecule has 1 aromatic rings. The number of nitrogens with zero attached hydrogens (tertiary/aromatic N) is 3. The first kappa shape index (κ1) is 16.5. The SMILES string of the molecule is Cc1nc(Cl)cc(N2CCCCC2CCNS(C)(=O)=O)n1. The van der Waals surface area contributed by atoms with Crippen LogP contribution in [-0.4, -0.2) is 43.8 Å². The van der Waals surface area contributed by atoms with Crippen molar-refractivity contribution in [1.29, 1.82) is 0 Å². The number of hydrogen-bond donors (Lipinski definition) is 1. The number of aromatic nitrogens is 2. The minimum absolute atomic E-state index is 0.276. The Morgan fingerprint density at radius 2 is 2.19 bits per heavy atom. The van der Waals surface area contributed by atoms with Crippen molar-refractivity contribution in [3.8, 4) is 0 Å². The van der Waals surface area contributed by atoms with Gasteiger partial charge in [-0.2, -0.15) is 0 Å². The van der Waals surface area contributed by atoms with Crippen LogP contribution in [0.25, 0.3) is 0 Å². The van der Waals surface area contributed by atoms with Gasteiger partial charge in [-0.05, 0) is 32.6 Å². The highest BCUT2D eigenvalue weighted by molar-refractivity contribution is 7.88. The van der Waals surface area contributed by atoms with Crippen LogP contribution in [0.5, 0.6) is 0 Å². The zero-order valence-corrected chi connectivity index (χ0v) is 13.9. The van der Waals surface area contributed by atoms with Gasteiger partial charge in [0.2, 0.25) is 10.0 Å². The number of hydrogen-bond acceptors (Lipinski definition) is 5. The Hall–Kier alpha value is -0.920. The molecule has 1 atom stereocenters. The molecular formula is C13H21ClN4O2S. The lowest BCUT2D eigenvalue weighted by Gasteiger charge is -2.37. The molecule has 0 bridgehead atoms. The van der Waals surface area contributed by atoms with E-state index in [0.29, 0.717) is 17.5 Å². The summed E-state index contributed by atoms with van der Waals surface area (Å²) in [5.41, 5.74) is 0. The lowest BCUT2D eigenvalue weighted by Crippen LogP contribution is -2.42. The van der Waals surface area contributed by atoms with Crippen LogP contribution in [0.1, 0.15) is 31.5 Å². The summed E-state index contributed by atoms with van der Waals surface area (Å²) in [7, 11) is -3.14. The monoisotopic (exact) mass is 332 g/mol. The molecular weight excluding hydrogens is 312 g/mol. The van der Waals surface area contributed by atoms with Crippen LogP contribution in [-0.2, 0) is 10.0 Å². The fourth-order valence-corrected chi connectivity index (χ4v) is 3.39. The molecule has 0 amide bonds. The zero-order chi connectivity index (χ0) is 15.5. The van der Waals surface area contributed by atoms with Gasteiger partial charge in [-0.3, -0.25) is 0 Å². The van der Waals surface area contributed by atoms with Crippen molar-refractivity contribution in [2.24, 2.45) is 0 Å². The van der Waals surface area contributed by atoms with Gasteiger partial charge < -0.3 is 4.90 Å². The minimum atomic E-state index is -3.14. The molecule has 1 N–H and O–H groups in total. The maximum absolute atomic E-state index is 11.2. The molecule has 1 aromatic heterocycles. The minimum Gasteiger partial charge on any atom is -0.353 e. The third kappa shape index (κ3) is 5.09. The Kier molecular flexibility index (Phi) is 5.40. The molecule has 1 aliphatic heterocycles. The third-order valence-corrected chi connectivity index (χ3v) is 4.48. The van der Waals surface area contributed by atoms with Crippen LogP contribution in [0.15, 0.2) is 6.07 Å². The van der Waals surface area contributed by atoms with Gasteiger partial charge >= 0.3 is 0 Å². The molecule has 0 aliphatic carbocycles. The van der Waals surface area contributed by atoms with Crippen molar-refractivity contribution in [3.05, 3.63) is 17.0 Å². The van der Waals surface area contributed by atoms with E-state index in [1.54, 1.807) is 6.07 Å². The molecule has 2 heterocycles. The molecule has 0 radical (unpaired) electrons. The average Bonchev–Trinajstić information content (AvgIpc) is 2.36. The van der Waals surface area contributed by atoms with Gasteiger partial charge in [0.05, 0.1) is 6.26 Å². The number of aryl methyl sites for hydroxylation is 1. The van der Waals surface area contributed by atoms with Crippen LogP contribution < -0.4 is 9.62 Å². The van der Waals surface area contributed by atoms with Crippen molar-refractivity contribution in [3.63, 3.8) is 0 Å². The fourth-order valence-electron chi connectivity index (χ4n) is 2.68. The predicted molar refractivity (Wildman–Crippen MR) is 84.2 cm³/mol. The Morgan fingerprint density at radius 1 is 1.43 bits per heavy atom. The smallest absolute Gasteiger partial charge is 0.208 e. The second-order valence-corrected chi connectivity index (χ2v) is 7.61. The van der Waals surface area contributed by atoms with E-state index in [-0.39, 0.29) is 6.04 Å². The predicted octanol–water partition coefficient (Wildman–Crippen LogP) is 1.74. The van der Waals surface area contributed by atoms with Gasteiger partial charge in [-0.25, -0.2) is 23.1 Å². The van der Waals surface area contributed by atoms with E-state index in [1.807, 2.05) is 6.92 Å². The molecule has 1 fully saturated rings. The summed E-state index contributed by atoms with van der Waals surface area (Å²) >= 11 is 6.01. The number of rotatable bonds is 5. The summed E-state index contributed by atoms with van der Waals surface area (Å²) in [6.45, 7) is 3.17. The van der Waals surface area contributed by atoms with Crippen LogP contribution >= 0.6 is 11.6 Å². The topological polar surface area (TPSA) is 75.2 Å². The zero-order valence-electron chi connectivity index (χ0n) is 12.3. The summed E-state index contributed by atoms with van der Waals surface area (Å²) in [6.07, 6.45) is 5.23. The highest BCUT2D eigenvalue weighted by atomic mass is 35.5. The standard InChI is InChI=1S/C13H21ClN4O2S/c1-10-16-12(14)9-13(17-10)18-8-4-3-5-11(18)6-7-15-21(2,19)20/h9,11,15H,3-8H2,1-2H3. The van der Waals surface area contributed by atoms with E-state index in [9.17, 15) is 8.42 Å². The summed E-state index contributed by atoms with van der Waals surface area (Å²) in [6, 6.07) is 2.05.